The number of carbonyl (C=O) groups is 2. The Morgan fingerprint density at radius 1 is 1.25 bits per heavy atom. The van der Waals surface area contributed by atoms with Gasteiger partial charge in [0.1, 0.15) is 5.25 Å². The van der Waals surface area contributed by atoms with Crippen LogP contribution in [0.1, 0.15) is 17.3 Å². The maximum Gasteiger partial charge on any atom is 0.335 e. The summed E-state index contributed by atoms with van der Waals surface area (Å²) in [7, 11) is 0. The van der Waals surface area contributed by atoms with E-state index in [1.165, 1.54) is 23.7 Å². The molecule has 2 aromatic rings. The summed E-state index contributed by atoms with van der Waals surface area (Å²) in [5, 5.41) is 28.4. The van der Waals surface area contributed by atoms with E-state index in [9.17, 15) is 9.59 Å². The quantitative estimate of drug-likeness (QED) is 0.782. The first-order valence-electron chi connectivity index (χ1n) is 5.50. The van der Waals surface area contributed by atoms with E-state index in [0.717, 1.165) is 11.8 Å². The SMILES string of the molecule is CC(Sc1nnnn1-c1ccc(C(=O)O)cc1)C(=O)O. The van der Waals surface area contributed by atoms with Crippen LogP contribution in [0.5, 0.6) is 0 Å². The highest BCUT2D eigenvalue weighted by Crippen LogP contribution is 2.22. The van der Waals surface area contributed by atoms with E-state index in [-0.39, 0.29) is 5.56 Å². The molecule has 8 nitrogen and oxygen atoms in total. The van der Waals surface area contributed by atoms with Gasteiger partial charge in [0.2, 0.25) is 5.16 Å². The minimum Gasteiger partial charge on any atom is -0.480 e. The second-order valence-corrected chi connectivity index (χ2v) is 5.13. The topological polar surface area (TPSA) is 118 Å². The molecule has 0 aliphatic rings. The Kier molecular flexibility index (Phi) is 3.99. The lowest BCUT2D eigenvalue weighted by atomic mass is 10.2. The number of benzene rings is 1. The number of rotatable bonds is 5. The second-order valence-electron chi connectivity index (χ2n) is 3.82. The molecule has 9 heteroatoms. The summed E-state index contributed by atoms with van der Waals surface area (Å²) >= 11 is 1.00. The molecule has 0 spiro atoms. The van der Waals surface area contributed by atoms with Crippen LogP contribution in [0, 0.1) is 0 Å². The molecule has 0 amide bonds. The van der Waals surface area contributed by atoms with Gasteiger partial charge >= 0.3 is 11.9 Å². The van der Waals surface area contributed by atoms with Crippen LogP contribution in [-0.4, -0.2) is 47.6 Å². The molecule has 1 heterocycles. The molecule has 0 radical (unpaired) electrons. The molecule has 1 atom stereocenters. The first-order valence-corrected chi connectivity index (χ1v) is 6.38. The van der Waals surface area contributed by atoms with Gasteiger partial charge in [0, 0.05) is 0 Å². The summed E-state index contributed by atoms with van der Waals surface area (Å²) in [5.41, 5.74) is 0.704. The highest BCUT2D eigenvalue weighted by atomic mass is 32.2. The molecule has 2 N–H and O–H groups in total. The molecule has 1 aromatic carbocycles. The Labute approximate surface area is 117 Å². The minimum absolute atomic E-state index is 0.148. The zero-order valence-corrected chi connectivity index (χ0v) is 11.1. The van der Waals surface area contributed by atoms with Crippen LogP contribution in [0.2, 0.25) is 0 Å². The lowest BCUT2D eigenvalue weighted by molar-refractivity contribution is -0.136. The lowest BCUT2D eigenvalue weighted by Crippen LogP contribution is -2.12. The van der Waals surface area contributed by atoms with Crippen LogP contribution in [0.4, 0.5) is 0 Å². The van der Waals surface area contributed by atoms with Crippen molar-refractivity contribution in [2.45, 2.75) is 17.3 Å². The third-order valence-electron chi connectivity index (χ3n) is 2.43. The maximum absolute atomic E-state index is 10.8. The summed E-state index contributed by atoms with van der Waals surface area (Å²) in [5.74, 6) is -1.99. The Bertz CT molecular complexity index is 640. The molecule has 0 bridgehead atoms. The number of hydrogen-bond donors (Lipinski definition) is 2. The fraction of sp³-hybridized carbons (Fsp3) is 0.182. The number of hydrogen-bond acceptors (Lipinski definition) is 6. The van der Waals surface area contributed by atoms with Crippen LogP contribution in [0.15, 0.2) is 29.4 Å². The summed E-state index contributed by atoms with van der Waals surface area (Å²) in [6.45, 7) is 1.53. The van der Waals surface area contributed by atoms with Gasteiger partial charge in [0.15, 0.2) is 0 Å². The summed E-state index contributed by atoms with van der Waals surface area (Å²) in [6, 6.07) is 5.95. The first-order chi connectivity index (χ1) is 9.49. The van der Waals surface area contributed by atoms with Crippen LogP contribution in [0.3, 0.4) is 0 Å². The molecule has 2 rings (SSSR count). The molecule has 1 unspecified atom stereocenters. The number of carboxylic acid groups (broad SMARTS) is 2. The second kappa shape index (κ2) is 5.70. The molecule has 0 saturated carbocycles. The van der Waals surface area contributed by atoms with Gasteiger partial charge in [-0.15, -0.1) is 5.10 Å². The summed E-state index contributed by atoms with van der Waals surface area (Å²) in [4.78, 5) is 21.6. The molecule has 1 aromatic heterocycles. The van der Waals surface area contributed by atoms with Crippen molar-refractivity contribution in [1.29, 1.82) is 0 Å². The van der Waals surface area contributed by atoms with Crippen molar-refractivity contribution < 1.29 is 19.8 Å². The molecule has 0 aliphatic heterocycles. The van der Waals surface area contributed by atoms with E-state index in [1.807, 2.05) is 0 Å². The highest BCUT2D eigenvalue weighted by Gasteiger charge is 2.18. The molecule has 104 valence electrons. The summed E-state index contributed by atoms with van der Waals surface area (Å²) in [6.07, 6.45) is 0. The fourth-order valence-corrected chi connectivity index (χ4v) is 2.11. The Morgan fingerprint density at radius 2 is 1.90 bits per heavy atom. The van der Waals surface area contributed by atoms with Crippen molar-refractivity contribution in [2.24, 2.45) is 0 Å². The van der Waals surface area contributed by atoms with Crippen molar-refractivity contribution in [2.75, 3.05) is 0 Å². The van der Waals surface area contributed by atoms with Crippen molar-refractivity contribution >= 4 is 23.7 Å². The number of tetrazole rings is 1. The van der Waals surface area contributed by atoms with E-state index < -0.39 is 17.2 Å². The fourth-order valence-electron chi connectivity index (χ4n) is 1.37. The molecule has 0 aliphatic carbocycles. The maximum atomic E-state index is 10.8. The molecule has 20 heavy (non-hydrogen) atoms. The Balaban J connectivity index is 2.27. The van der Waals surface area contributed by atoms with Crippen molar-refractivity contribution in [1.82, 2.24) is 20.2 Å². The zero-order chi connectivity index (χ0) is 14.7. The smallest absolute Gasteiger partial charge is 0.335 e. The van der Waals surface area contributed by atoms with Gasteiger partial charge in [-0.05, 0) is 41.6 Å². The number of aromatic carboxylic acids is 1. The highest BCUT2D eigenvalue weighted by molar-refractivity contribution is 8.00. The van der Waals surface area contributed by atoms with Gasteiger partial charge in [-0.3, -0.25) is 4.79 Å². The number of aromatic nitrogens is 4. The number of nitrogens with zero attached hydrogens (tertiary/aromatic N) is 4. The monoisotopic (exact) mass is 294 g/mol. The number of thioether (sulfide) groups is 1. The van der Waals surface area contributed by atoms with Gasteiger partial charge in [0.25, 0.3) is 0 Å². The van der Waals surface area contributed by atoms with Gasteiger partial charge in [-0.1, -0.05) is 11.8 Å². The van der Waals surface area contributed by atoms with E-state index >= 15 is 0 Å². The largest absolute Gasteiger partial charge is 0.480 e. The van der Waals surface area contributed by atoms with Crippen LogP contribution >= 0.6 is 11.8 Å². The predicted molar refractivity (Wildman–Crippen MR) is 69.1 cm³/mol. The molecule has 0 fully saturated rings. The molecular weight excluding hydrogens is 284 g/mol. The average molecular weight is 294 g/mol. The average Bonchev–Trinajstić information content (AvgIpc) is 2.86. The minimum atomic E-state index is -1.03. The van der Waals surface area contributed by atoms with E-state index in [2.05, 4.69) is 15.5 Å². The Hall–Kier alpha value is -2.42. The lowest BCUT2D eigenvalue weighted by Gasteiger charge is -2.06. The van der Waals surface area contributed by atoms with Gasteiger partial charge < -0.3 is 10.2 Å². The summed E-state index contributed by atoms with van der Waals surface area (Å²) < 4.78 is 1.36. The molecule has 0 saturated heterocycles. The predicted octanol–water partition coefficient (Wildman–Crippen LogP) is 0.926. The third kappa shape index (κ3) is 2.94. The third-order valence-corrected chi connectivity index (χ3v) is 3.45. The standard InChI is InChI=1S/C11H10N4O4S/c1-6(9(16)17)20-11-12-13-14-15(11)8-4-2-7(3-5-8)10(18)19/h2-6H,1H3,(H,16,17)(H,18,19). The van der Waals surface area contributed by atoms with Crippen LogP contribution in [-0.2, 0) is 4.79 Å². The number of aliphatic carboxylic acids is 1. The first kappa shape index (κ1) is 14.0. The van der Waals surface area contributed by atoms with Crippen molar-refractivity contribution in [3.63, 3.8) is 0 Å². The van der Waals surface area contributed by atoms with Crippen molar-refractivity contribution in [3.05, 3.63) is 29.8 Å². The van der Waals surface area contributed by atoms with Gasteiger partial charge in [-0.2, -0.15) is 4.68 Å². The van der Waals surface area contributed by atoms with E-state index in [4.69, 9.17) is 10.2 Å². The zero-order valence-electron chi connectivity index (χ0n) is 10.3. The van der Waals surface area contributed by atoms with Gasteiger partial charge in [0.05, 0.1) is 11.3 Å². The van der Waals surface area contributed by atoms with Crippen LogP contribution < -0.4 is 0 Å². The number of carboxylic acids is 2. The normalized spacial score (nSPS) is 12.1. The van der Waals surface area contributed by atoms with Crippen LogP contribution in [0.25, 0.3) is 5.69 Å². The van der Waals surface area contributed by atoms with E-state index in [1.54, 1.807) is 12.1 Å². The van der Waals surface area contributed by atoms with Gasteiger partial charge in [-0.25, -0.2) is 4.79 Å². The molecular formula is C11H10N4O4S. The van der Waals surface area contributed by atoms with E-state index in [0.29, 0.717) is 10.8 Å². The van der Waals surface area contributed by atoms with Crippen molar-refractivity contribution in [3.8, 4) is 5.69 Å². The Morgan fingerprint density at radius 3 is 2.45 bits per heavy atom.